The second-order valence-corrected chi connectivity index (χ2v) is 10.5. The van der Waals surface area contributed by atoms with Gasteiger partial charge < -0.3 is 4.74 Å². The third-order valence-electron chi connectivity index (χ3n) is 5.72. The zero-order valence-corrected chi connectivity index (χ0v) is 22.1. The number of nitrogens with zero attached hydrogens (tertiary/aromatic N) is 3. The number of fused-ring (bicyclic) bond motifs is 1. The fraction of sp³-hybridized carbons (Fsp3) is 0.440. The van der Waals surface area contributed by atoms with Crippen LogP contribution in [0.4, 0.5) is 13.9 Å². The molecule has 1 aromatic heterocycles. The standard InChI is InChI=1S/C25H29F2N3O2S2.ClH/c1-18-5-7-20(8-6-18)33-15-2-4-23(31)30(10-3-9-29-11-13-32-14-12-29)25-28-24-21(27)16-19(26)17-22(24)34-25;/h5-8,16-17H,2-4,9-15H2,1H3;1H. The van der Waals surface area contributed by atoms with Crippen LogP contribution in [0.3, 0.4) is 0 Å². The minimum absolute atomic E-state index is 0. The lowest BCUT2D eigenvalue weighted by atomic mass is 10.2. The van der Waals surface area contributed by atoms with E-state index in [1.54, 1.807) is 16.7 Å². The molecule has 1 fully saturated rings. The summed E-state index contributed by atoms with van der Waals surface area (Å²) in [5, 5.41) is 0.428. The molecule has 190 valence electrons. The number of ether oxygens (including phenoxy) is 1. The van der Waals surface area contributed by atoms with Crippen LogP contribution in [-0.2, 0) is 9.53 Å². The Morgan fingerprint density at radius 3 is 2.66 bits per heavy atom. The van der Waals surface area contributed by atoms with Gasteiger partial charge in [-0.25, -0.2) is 13.8 Å². The van der Waals surface area contributed by atoms with Gasteiger partial charge in [0.15, 0.2) is 10.9 Å². The molecule has 35 heavy (non-hydrogen) atoms. The molecule has 4 rings (SSSR count). The highest BCUT2D eigenvalue weighted by atomic mass is 35.5. The van der Waals surface area contributed by atoms with Gasteiger partial charge >= 0.3 is 0 Å². The van der Waals surface area contributed by atoms with E-state index in [0.29, 0.717) is 22.8 Å². The zero-order valence-electron chi connectivity index (χ0n) is 19.7. The number of benzene rings is 2. The SMILES string of the molecule is Cc1ccc(SCCCC(=O)N(CCCN2CCOCC2)c2nc3c(F)cc(F)cc3s2)cc1.Cl. The highest BCUT2D eigenvalue weighted by Gasteiger charge is 2.21. The van der Waals surface area contributed by atoms with Crippen LogP contribution in [0, 0.1) is 18.6 Å². The Kier molecular flexibility index (Phi) is 10.7. The van der Waals surface area contributed by atoms with Gasteiger partial charge in [-0.15, -0.1) is 24.2 Å². The van der Waals surface area contributed by atoms with Crippen molar-refractivity contribution in [2.45, 2.75) is 31.1 Å². The van der Waals surface area contributed by atoms with E-state index in [9.17, 15) is 13.6 Å². The molecule has 0 bridgehead atoms. The quantitative estimate of drug-likeness (QED) is 0.235. The Labute approximate surface area is 219 Å². The van der Waals surface area contributed by atoms with Crippen molar-refractivity contribution in [2.75, 3.05) is 50.0 Å². The molecule has 3 aromatic rings. The number of thiazole rings is 1. The van der Waals surface area contributed by atoms with Gasteiger partial charge in [0.25, 0.3) is 0 Å². The number of hydrogen-bond donors (Lipinski definition) is 0. The van der Waals surface area contributed by atoms with E-state index in [2.05, 4.69) is 41.1 Å². The molecule has 0 radical (unpaired) electrons. The van der Waals surface area contributed by atoms with Crippen molar-refractivity contribution in [2.24, 2.45) is 0 Å². The van der Waals surface area contributed by atoms with Gasteiger partial charge in [0.1, 0.15) is 11.3 Å². The topological polar surface area (TPSA) is 45.7 Å². The molecule has 0 spiro atoms. The number of hydrogen-bond acceptors (Lipinski definition) is 6. The summed E-state index contributed by atoms with van der Waals surface area (Å²) in [6, 6.07) is 10.5. The average molecular weight is 542 g/mol. The van der Waals surface area contributed by atoms with Crippen LogP contribution < -0.4 is 4.90 Å². The molecular formula is C25H30ClF2N3O2S2. The molecule has 2 heterocycles. The molecule has 0 unspecified atom stereocenters. The van der Waals surface area contributed by atoms with Crippen LogP contribution in [-0.4, -0.2) is 60.9 Å². The van der Waals surface area contributed by atoms with Gasteiger partial charge in [0.05, 0.1) is 17.9 Å². The summed E-state index contributed by atoms with van der Waals surface area (Å²) in [5.74, 6) is -0.548. The molecule has 0 aliphatic carbocycles. The third-order valence-corrected chi connectivity index (χ3v) is 7.84. The molecule has 5 nitrogen and oxygen atoms in total. The van der Waals surface area contributed by atoms with Crippen molar-refractivity contribution in [3.8, 4) is 0 Å². The van der Waals surface area contributed by atoms with Crippen LogP contribution in [0.15, 0.2) is 41.3 Å². The summed E-state index contributed by atoms with van der Waals surface area (Å²) in [6.07, 6.45) is 1.88. The Morgan fingerprint density at radius 2 is 1.91 bits per heavy atom. The lowest BCUT2D eigenvalue weighted by molar-refractivity contribution is -0.118. The summed E-state index contributed by atoms with van der Waals surface area (Å²) in [6.45, 7) is 6.62. The van der Waals surface area contributed by atoms with Crippen LogP contribution >= 0.6 is 35.5 Å². The maximum absolute atomic E-state index is 14.2. The number of aryl methyl sites for hydroxylation is 1. The molecule has 0 N–H and O–H groups in total. The smallest absolute Gasteiger partial charge is 0.228 e. The summed E-state index contributed by atoms with van der Waals surface area (Å²) in [4.78, 5) is 22.7. The highest BCUT2D eigenvalue weighted by Crippen LogP contribution is 2.32. The minimum atomic E-state index is -0.701. The Balaban J connectivity index is 0.00000342. The molecule has 0 saturated carbocycles. The van der Waals surface area contributed by atoms with Crippen molar-refractivity contribution >= 4 is 56.8 Å². The molecular weight excluding hydrogens is 512 g/mol. The van der Waals surface area contributed by atoms with Gasteiger partial charge in [-0.1, -0.05) is 29.0 Å². The summed E-state index contributed by atoms with van der Waals surface area (Å²) in [7, 11) is 0. The zero-order chi connectivity index (χ0) is 23.9. The van der Waals surface area contributed by atoms with Crippen molar-refractivity contribution in [3.63, 3.8) is 0 Å². The average Bonchev–Trinajstić information content (AvgIpc) is 3.25. The molecule has 10 heteroatoms. The number of thioether (sulfide) groups is 1. The van der Waals surface area contributed by atoms with Crippen molar-refractivity contribution in [3.05, 3.63) is 53.6 Å². The van der Waals surface area contributed by atoms with Crippen molar-refractivity contribution in [1.82, 2.24) is 9.88 Å². The van der Waals surface area contributed by atoms with Gasteiger partial charge in [0.2, 0.25) is 5.91 Å². The van der Waals surface area contributed by atoms with E-state index < -0.39 is 11.6 Å². The molecule has 1 amide bonds. The molecule has 1 aliphatic heterocycles. The number of halogens is 3. The van der Waals surface area contributed by atoms with E-state index in [1.165, 1.54) is 16.5 Å². The summed E-state index contributed by atoms with van der Waals surface area (Å²) in [5.41, 5.74) is 1.33. The monoisotopic (exact) mass is 541 g/mol. The number of amides is 1. The highest BCUT2D eigenvalue weighted by molar-refractivity contribution is 7.99. The number of anilines is 1. The predicted octanol–water partition coefficient (Wildman–Crippen LogP) is 5.93. The van der Waals surface area contributed by atoms with E-state index in [4.69, 9.17) is 4.74 Å². The van der Waals surface area contributed by atoms with E-state index in [-0.39, 0.29) is 23.8 Å². The third kappa shape index (κ3) is 7.85. The maximum atomic E-state index is 14.2. The predicted molar refractivity (Wildman–Crippen MR) is 142 cm³/mol. The van der Waals surface area contributed by atoms with Crippen molar-refractivity contribution < 1.29 is 18.3 Å². The Bertz CT molecular complexity index is 1110. The van der Waals surface area contributed by atoms with Crippen molar-refractivity contribution in [1.29, 1.82) is 0 Å². The number of morpholine rings is 1. The van der Waals surface area contributed by atoms with E-state index in [1.807, 2.05) is 0 Å². The van der Waals surface area contributed by atoms with Gasteiger partial charge in [-0.3, -0.25) is 14.6 Å². The number of carbonyl (C=O) groups excluding carboxylic acids is 1. The largest absolute Gasteiger partial charge is 0.379 e. The first-order valence-corrected chi connectivity index (χ1v) is 13.4. The molecule has 0 atom stereocenters. The molecule has 1 aliphatic rings. The maximum Gasteiger partial charge on any atom is 0.228 e. The first-order valence-electron chi connectivity index (χ1n) is 11.5. The van der Waals surface area contributed by atoms with Crippen LogP contribution in [0.25, 0.3) is 10.2 Å². The minimum Gasteiger partial charge on any atom is -0.379 e. The lowest BCUT2D eigenvalue weighted by Crippen LogP contribution is -2.39. The molecule has 2 aromatic carbocycles. The van der Waals surface area contributed by atoms with Gasteiger partial charge in [0, 0.05) is 43.6 Å². The fourth-order valence-electron chi connectivity index (χ4n) is 3.85. The summed E-state index contributed by atoms with van der Waals surface area (Å²) < 4.78 is 33.7. The first-order chi connectivity index (χ1) is 16.5. The second-order valence-electron chi connectivity index (χ2n) is 8.35. The van der Waals surface area contributed by atoms with E-state index >= 15 is 0 Å². The lowest BCUT2D eigenvalue weighted by Gasteiger charge is -2.27. The van der Waals surface area contributed by atoms with Gasteiger partial charge in [-0.2, -0.15) is 0 Å². The van der Waals surface area contributed by atoms with Gasteiger partial charge in [-0.05, 0) is 43.7 Å². The molecule has 1 saturated heterocycles. The second kappa shape index (κ2) is 13.5. The Morgan fingerprint density at radius 1 is 1.17 bits per heavy atom. The Hall–Kier alpha value is -1.78. The number of carbonyl (C=O) groups is 1. The fourth-order valence-corrected chi connectivity index (χ4v) is 5.75. The number of aromatic nitrogens is 1. The number of rotatable bonds is 10. The van der Waals surface area contributed by atoms with Crippen LogP contribution in [0.1, 0.15) is 24.8 Å². The van der Waals surface area contributed by atoms with E-state index in [0.717, 1.165) is 68.8 Å². The summed E-state index contributed by atoms with van der Waals surface area (Å²) >= 11 is 2.89. The van der Waals surface area contributed by atoms with Crippen LogP contribution in [0.2, 0.25) is 0 Å². The first kappa shape index (κ1) is 27.8. The van der Waals surface area contributed by atoms with Crippen LogP contribution in [0.5, 0.6) is 0 Å². The normalized spacial score (nSPS) is 14.1.